The van der Waals surface area contributed by atoms with Gasteiger partial charge in [-0.25, -0.2) is 0 Å². The molecule has 0 heterocycles. The summed E-state index contributed by atoms with van der Waals surface area (Å²) < 4.78 is 36.8. The van der Waals surface area contributed by atoms with Gasteiger partial charge in [0.2, 0.25) is 0 Å². The predicted molar refractivity (Wildman–Crippen MR) is 48.8 cm³/mol. The summed E-state index contributed by atoms with van der Waals surface area (Å²) in [5, 5.41) is 8.97. The maximum absolute atomic E-state index is 12.2. The number of hydrogen-bond donors (Lipinski definition) is 2. The van der Waals surface area contributed by atoms with E-state index in [0.29, 0.717) is 0 Å². The zero-order valence-electron chi connectivity index (χ0n) is 6.85. The Bertz CT molecular complexity index is 340. The van der Waals surface area contributed by atoms with Gasteiger partial charge in [-0.2, -0.15) is 13.2 Å². The van der Waals surface area contributed by atoms with Gasteiger partial charge < -0.3 is 10.8 Å². The Labute approximate surface area is 86.7 Å². The highest BCUT2D eigenvalue weighted by Gasteiger charge is 2.38. The third-order valence-corrected chi connectivity index (χ3v) is 2.36. The van der Waals surface area contributed by atoms with E-state index in [1.807, 2.05) is 0 Å². The van der Waals surface area contributed by atoms with E-state index in [-0.39, 0.29) is 15.8 Å². The van der Waals surface area contributed by atoms with Crippen molar-refractivity contribution in [2.24, 2.45) is 5.73 Å². The molecule has 0 bridgehead atoms. The van der Waals surface area contributed by atoms with Crippen LogP contribution in [0.1, 0.15) is 11.6 Å². The maximum Gasteiger partial charge on any atom is 0.407 e. The number of nitrogens with two attached hydrogens (primary N) is 1. The van der Waals surface area contributed by atoms with Crippen LogP contribution in [0.25, 0.3) is 0 Å². The number of phenolic OH excluding ortho intramolecular Hbond substituents is 1. The zero-order chi connectivity index (χ0) is 10.9. The molecule has 3 N–H and O–H groups in total. The minimum atomic E-state index is -4.49. The minimum absolute atomic E-state index is 0.102. The van der Waals surface area contributed by atoms with Crippen molar-refractivity contribution in [3.05, 3.63) is 28.2 Å². The van der Waals surface area contributed by atoms with Crippen LogP contribution < -0.4 is 5.73 Å². The summed E-state index contributed by atoms with van der Waals surface area (Å²) in [5.74, 6) is -0.116. The third kappa shape index (κ3) is 2.39. The van der Waals surface area contributed by atoms with Gasteiger partial charge in [0.05, 0.1) is 0 Å². The van der Waals surface area contributed by atoms with Crippen molar-refractivity contribution in [3.63, 3.8) is 0 Å². The second-order valence-electron chi connectivity index (χ2n) is 2.73. The Balaban J connectivity index is 3.08. The van der Waals surface area contributed by atoms with Gasteiger partial charge in [-0.05, 0) is 17.7 Å². The molecule has 1 atom stereocenters. The maximum atomic E-state index is 12.2. The molecule has 1 aromatic carbocycles. The lowest BCUT2D eigenvalue weighted by Crippen LogP contribution is -2.28. The standard InChI is InChI=1S/C8H7BrF3NO/c9-6-3-4(14)1-2-5(6)7(13)8(10,11)12/h1-3,7,14H,13H2. The number of phenols is 1. The van der Waals surface area contributed by atoms with Gasteiger partial charge in [0, 0.05) is 4.47 Å². The van der Waals surface area contributed by atoms with Crippen molar-refractivity contribution >= 4 is 15.9 Å². The van der Waals surface area contributed by atoms with Crippen LogP contribution >= 0.6 is 15.9 Å². The molecule has 0 fully saturated rings. The number of benzene rings is 1. The van der Waals surface area contributed by atoms with Crippen LogP contribution in [0.4, 0.5) is 13.2 Å². The van der Waals surface area contributed by atoms with Gasteiger partial charge in [0.15, 0.2) is 0 Å². The first kappa shape index (κ1) is 11.3. The Morgan fingerprint density at radius 1 is 1.36 bits per heavy atom. The Kier molecular flexibility index (Phi) is 3.06. The summed E-state index contributed by atoms with van der Waals surface area (Å²) in [6, 6.07) is 1.42. The molecule has 0 aliphatic heterocycles. The number of halogens is 4. The highest BCUT2D eigenvalue weighted by Crippen LogP contribution is 2.35. The summed E-state index contributed by atoms with van der Waals surface area (Å²) in [6.07, 6.45) is -4.49. The zero-order valence-corrected chi connectivity index (χ0v) is 8.43. The van der Waals surface area contributed by atoms with Crippen LogP contribution in [-0.2, 0) is 0 Å². The molecule has 0 amide bonds. The fraction of sp³-hybridized carbons (Fsp3) is 0.250. The van der Waals surface area contributed by atoms with Gasteiger partial charge >= 0.3 is 6.18 Å². The van der Waals surface area contributed by atoms with E-state index in [4.69, 9.17) is 10.8 Å². The smallest absolute Gasteiger partial charge is 0.407 e. The minimum Gasteiger partial charge on any atom is -0.508 e. The largest absolute Gasteiger partial charge is 0.508 e. The molecule has 2 nitrogen and oxygen atoms in total. The first-order chi connectivity index (χ1) is 6.32. The SMILES string of the molecule is NC(c1ccc(O)cc1Br)C(F)(F)F. The average molecular weight is 270 g/mol. The molecular formula is C8H7BrF3NO. The summed E-state index contributed by atoms with van der Waals surface area (Å²) in [6.45, 7) is 0. The first-order valence-electron chi connectivity index (χ1n) is 3.63. The van der Waals surface area contributed by atoms with Crippen LogP contribution in [0.2, 0.25) is 0 Å². The molecule has 78 valence electrons. The number of aromatic hydroxyl groups is 1. The van der Waals surface area contributed by atoms with E-state index in [2.05, 4.69) is 15.9 Å². The molecule has 0 aromatic heterocycles. The van der Waals surface area contributed by atoms with E-state index < -0.39 is 12.2 Å². The Morgan fingerprint density at radius 2 is 1.93 bits per heavy atom. The molecule has 0 aliphatic carbocycles. The third-order valence-electron chi connectivity index (χ3n) is 1.67. The van der Waals surface area contributed by atoms with Crippen molar-refractivity contribution < 1.29 is 18.3 Å². The molecule has 1 rings (SSSR count). The highest BCUT2D eigenvalue weighted by molar-refractivity contribution is 9.10. The van der Waals surface area contributed by atoms with E-state index in [1.54, 1.807) is 0 Å². The van der Waals surface area contributed by atoms with Crippen LogP contribution in [-0.4, -0.2) is 11.3 Å². The second-order valence-corrected chi connectivity index (χ2v) is 3.58. The molecule has 1 unspecified atom stereocenters. The fourth-order valence-electron chi connectivity index (χ4n) is 0.945. The number of rotatable bonds is 1. The van der Waals surface area contributed by atoms with Crippen molar-refractivity contribution in [1.82, 2.24) is 0 Å². The van der Waals surface area contributed by atoms with E-state index in [1.165, 1.54) is 6.07 Å². The first-order valence-corrected chi connectivity index (χ1v) is 4.42. The fourth-order valence-corrected chi connectivity index (χ4v) is 1.56. The van der Waals surface area contributed by atoms with Gasteiger partial charge in [-0.1, -0.05) is 22.0 Å². The summed E-state index contributed by atoms with van der Waals surface area (Å²) >= 11 is 2.90. The predicted octanol–water partition coefficient (Wildman–Crippen LogP) is 2.72. The van der Waals surface area contributed by atoms with E-state index >= 15 is 0 Å². The number of alkyl halides is 3. The second kappa shape index (κ2) is 3.78. The van der Waals surface area contributed by atoms with Crippen LogP contribution in [0.15, 0.2) is 22.7 Å². The van der Waals surface area contributed by atoms with Crippen molar-refractivity contribution in [2.75, 3.05) is 0 Å². The van der Waals surface area contributed by atoms with Gasteiger partial charge in [0.25, 0.3) is 0 Å². The van der Waals surface area contributed by atoms with Crippen LogP contribution in [0.3, 0.4) is 0 Å². The molecule has 0 saturated carbocycles. The van der Waals surface area contributed by atoms with E-state index in [9.17, 15) is 13.2 Å². The molecule has 0 spiro atoms. The normalized spacial score (nSPS) is 14.1. The molecule has 0 aliphatic rings. The molecule has 0 radical (unpaired) electrons. The van der Waals surface area contributed by atoms with Crippen molar-refractivity contribution in [3.8, 4) is 5.75 Å². The lowest BCUT2D eigenvalue weighted by atomic mass is 10.1. The molecule has 14 heavy (non-hydrogen) atoms. The van der Waals surface area contributed by atoms with Crippen molar-refractivity contribution in [2.45, 2.75) is 12.2 Å². The van der Waals surface area contributed by atoms with E-state index in [0.717, 1.165) is 12.1 Å². The highest BCUT2D eigenvalue weighted by atomic mass is 79.9. The summed E-state index contributed by atoms with van der Waals surface area (Å²) in [4.78, 5) is 0. The van der Waals surface area contributed by atoms with Gasteiger partial charge in [0.1, 0.15) is 11.8 Å². The lowest BCUT2D eigenvalue weighted by molar-refractivity contribution is -0.149. The van der Waals surface area contributed by atoms with Crippen LogP contribution in [0.5, 0.6) is 5.75 Å². The molecule has 6 heteroatoms. The Morgan fingerprint density at radius 3 is 2.36 bits per heavy atom. The van der Waals surface area contributed by atoms with Gasteiger partial charge in [-0.15, -0.1) is 0 Å². The monoisotopic (exact) mass is 269 g/mol. The van der Waals surface area contributed by atoms with Crippen molar-refractivity contribution in [1.29, 1.82) is 0 Å². The summed E-state index contributed by atoms with van der Waals surface area (Å²) in [5.41, 5.74) is 4.88. The quantitative estimate of drug-likeness (QED) is 0.824. The molecule has 0 saturated heterocycles. The topological polar surface area (TPSA) is 46.2 Å². The Hall–Kier alpha value is -0.750. The lowest BCUT2D eigenvalue weighted by Gasteiger charge is -2.17. The average Bonchev–Trinajstić information content (AvgIpc) is 2.01. The van der Waals surface area contributed by atoms with Crippen LogP contribution in [0, 0.1) is 0 Å². The summed E-state index contributed by atoms with van der Waals surface area (Å²) in [7, 11) is 0. The molecular weight excluding hydrogens is 263 g/mol. The number of hydrogen-bond acceptors (Lipinski definition) is 2. The molecule has 1 aromatic rings. The van der Waals surface area contributed by atoms with Gasteiger partial charge in [-0.3, -0.25) is 0 Å².